The predicted octanol–water partition coefficient (Wildman–Crippen LogP) is 1.57. The van der Waals surface area contributed by atoms with Crippen LogP contribution in [0, 0.1) is 12.8 Å². The lowest BCUT2D eigenvalue weighted by Gasteiger charge is -2.20. The number of hydrogen-bond donors (Lipinski definition) is 2. The van der Waals surface area contributed by atoms with E-state index in [0.29, 0.717) is 12.2 Å². The van der Waals surface area contributed by atoms with E-state index < -0.39 is 10.0 Å². The van der Waals surface area contributed by atoms with Crippen molar-refractivity contribution in [2.45, 2.75) is 32.2 Å². The van der Waals surface area contributed by atoms with Crippen LogP contribution in [0.15, 0.2) is 36.7 Å². The Morgan fingerprint density at radius 2 is 2.10 bits per heavy atom. The maximum Gasteiger partial charge on any atom is 0.273 e. The van der Waals surface area contributed by atoms with Gasteiger partial charge in [0.1, 0.15) is 0 Å². The molecule has 4 rings (SSSR count). The van der Waals surface area contributed by atoms with Gasteiger partial charge in [-0.1, -0.05) is 23.8 Å². The van der Waals surface area contributed by atoms with Crippen molar-refractivity contribution >= 4 is 26.7 Å². The van der Waals surface area contributed by atoms with Crippen molar-refractivity contribution < 1.29 is 13.2 Å². The zero-order valence-electron chi connectivity index (χ0n) is 16.9. The minimum atomic E-state index is -3.28. The van der Waals surface area contributed by atoms with Gasteiger partial charge in [-0.15, -0.1) is 5.10 Å². The number of nitrogens with one attached hydrogen (secondary N) is 2. The van der Waals surface area contributed by atoms with Gasteiger partial charge in [0.15, 0.2) is 5.69 Å². The Kier molecular flexibility index (Phi) is 5.52. The SMILES string of the molecule is Cc1c(C(=O)NCC2CCCC2NS(C)(=O)=O)nnn1-c1cccc2cnccc12. The van der Waals surface area contributed by atoms with E-state index in [0.717, 1.165) is 42.0 Å². The lowest BCUT2D eigenvalue weighted by molar-refractivity contribution is 0.0940. The van der Waals surface area contributed by atoms with Gasteiger partial charge in [-0.3, -0.25) is 9.78 Å². The van der Waals surface area contributed by atoms with E-state index >= 15 is 0 Å². The number of carbonyl (C=O) groups is 1. The molecule has 0 radical (unpaired) electrons. The second-order valence-corrected chi connectivity index (χ2v) is 9.49. The Bertz CT molecular complexity index is 1180. The molecule has 2 atom stereocenters. The molecule has 1 aromatic carbocycles. The molecule has 1 aliphatic carbocycles. The number of fused-ring (bicyclic) bond motifs is 1. The van der Waals surface area contributed by atoms with E-state index in [-0.39, 0.29) is 23.6 Å². The smallest absolute Gasteiger partial charge is 0.273 e. The number of pyridine rings is 1. The van der Waals surface area contributed by atoms with Crippen molar-refractivity contribution in [1.29, 1.82) is 0 Å². The Hall–Kier alpha value is -2.85. The summed E-state index contributed by atoms with van der Waals surface area (Å²) in [6, 6.07) is 7.55. The van der Waals surface area contributed by atoms with E-state index in [1.807, 2.05) is 24.3 Å². The molecule has 2 heterocycles. The molecule has 3 aromatic rings. The zero-order chi connectivity index (χ0) is 21.3. The molecule has 0 aliphatic heterocycles. The minimum absolute atomic E-state index is 0.0598. The fraction of sp³-hybridized carbons (Fsp3) is 0.400. The first kappa shape index (κ1) is 20.4. The lowest BCUT2D eigenvalue weighted by Crippen LogP contribution is -2.41. The third-order valence-corrected chi connectivity index (χ3v) is 6.28. The van der Waals surface area contributed by atoms with Gasteiger partial charge in [0.05, 0.1) is 17.6 Å². The molecule has 0 bridgehead atoms. The van der Waals surface area contributed by atoms with Crippen LogP contribution in [-0.2, 0) is 10.0 Å². The quantitative estimate of drug-likeness (QED) is 0.615. The van der Waals surface area contributed by atoms with Gasteiger partial charge in [0, 0.05) is 35.8 Å². The molecule has 2 unspecified atom stereocenters. The van der Waals surface area contributed by atoms with Gasteiger partial charge in [-0.2, -0.15) is 0 Å². The van der Waals surface area contributed by atoms with Crippen LogP contribution in [0.3, 0.4) is 0 Å². The molecule has 10 heteroatoms. The summed E-state index contributed by atoms with van der Waals surface area (Å²) in [6.07, 6.45) is 7.22. The molecular formula is C20H24N6O3S. The van der Waals surface area contributed by atoms with Crippen molar-refractivity contribution in [2.75, 3.05) is 12.8 Å². The molecule has 1 saturated carbocycles. The summed E-state index contributed by atoms with van der Waals surface area (Å²) in [4.78, 5) is 16.9. The highest BCUT2D eigenvalue weighted by Crippen LogP contribution is 2.26. The van der Waals surface area contributed by atoms with E-state index in [2.05, 4.69) is 25.3 Å². The van der Waals surface area contributed by atoms with Crippen LogP contribution in [-0.4, -0.2) is 53.1 Å². The average Bonchev–Trinajstić information content (AvgIpc) is 3.30. The van der Waals surface area contributed by atoms with Crippen LogP contribution in [0.4, 0.5) is 0 Å². The number of aromatic nitrogens is 4. The average molecular weight is 429 g/mol. The van der Waals surface area contributed by atoms with Crippen LogP contribution < -0.4 is 10.0 Å². The number of carbonyl (C=O) groups excluding carboxylic acids is 1. The molecule has 1 amide bonds. The predicted molar refractivity (Wildman–Crippen MR) is 113 cm³/mol. The Balaban J connectivity index is 1.50. The molecule has 1 fully saturated rings. The number of nitrogens with zero attached hydrogens (tertiary/aromatic N) is 4. The fourth-order valence-electron chi connectivity index (χ4n) is 4.08. The van der Waals surface area contributed by atoms with Crippen LogP contribution in [0.5, 0.6) is 0 Å². The van der Waals surface area contributed by atoms with Crippen LogP contribution in [0.2, 0.25) is 0 Å². The summed E-state index contributed by atoms with van der Waals surface area (Å²) in [5.41, 5.74) is 1.72. The Morgan fingerprint density at radius 3 is 2.90 bits per heavy atom. The van der Waals surface area contributed by atoms with Crippen LogP contribution in [0.1, 0.15) is 35.4 Å². The standard InChI is InChI=1S/C20H24N6O3S/c1-13-19(20(27)22-12-15-6-3-7-17(15)24-30(2,28)29)23-25-26(13)18-8-4-5-14-11-21-10-9-16(14)18/h4-5,8-11,15,17,24H,3,6-7,12H2,1-2H3,(H,22,27). The largest absolute Gasteiger partial charge is 0.350 e. The van der Waals surface area contributed by atoms with Crippen LogP contribution in [0.25, 0.3) is 16.5 Å². The normalized spacial score (nSPS) is 19.3. The van der Waals surface area contributed by atoms with Gasteiger partial charge in [-0.25, -0.2) is 17.8 Å². The van der Waals surface area contributed by atoms with E-state index in [1.54, 1.807) is 24.0 Å². The fourth-order valence-corrected chi connectivity index (χ4v) is 4.94. The highest BCUT2D eigenvalue weighted by molar-refractivity contribution is 7.88. The summed E-state index contributed by atoms with van der Waals surface area (Å²) in [6.45, 7) is 2.19. The van der Waals surface area contributed by atoms with E-state index in [1.165, 1.54) is 0 Å². The molecule has 9 nitrogen and oxygen atoms in total. The topological polar surface area (TPSA) is 119 Å². The van der Waals surface area contributed by atoms with Gasteiger partial charge in [0.2, 0.25) is 10.0 Å². The van der Waals surface area contributed by atoms with Gasteiger partial charge < -0.3 is 5.32 Å². The molecule has 0 saturated heterocycles. The second kappa shape index (κ2) is 8.11. The third kappa shape index (κ3) is 4.19. The van der Waals surface area contributed by atoms with Crippen molar-refractivity contribution in [1.82, 2.24) is 30.0 Å². The highest BCUT2D eigenvalue weighted by Gasteiger charge is 2.30. The van der Waals surface area contributed by atoms with Crippen molar-refractivity contribution in [3.05, 3.63) is 48.0 Å². The van der Waals surface area contributed by atoms with E-state index in [4.69, 9.17) is 0 Å². The number of amides is 1. The second-order valence-electron chi connectivity index (χ2n) is 7.71. The first-order valence-corrected chi connectivity index (χ1v) is 11.7. The monoisotopic (exact) mass is 428 g/mol. The molecule has 1 aliphatic rings. The zero-order valence-corrected chi connectivity index (χ0v) is 17.7. The number of hydrogen-bond acceptors (Lipinski definition) is 6. The first-order valence-electron chi connectivity index (χ1n) is 9.84. The molecule has 158 valence electrons. The summed E-state index contributed by atoms with van der Waals surface area (Å²) in [7, 11) is -3.28. The summed E-state index contributed by atoms with van der Waals surface area (Å²) < 4.78 is 27.4. The van der Waals surface area contributed by atoms with Crippen molar-refractivity contribution in [3.8, 4) is 5.69 Å². The third-order valence-electron chi connectivity index (χ3n) is 5.54. The number of rotatable bonds is 6. The maximum absolute atomic E-state index is 12.7. The molecule has 30 heavy (non-hydrogen) atoms. The molecule has 2 aromatic heterocycles. The van der Waals surface area contributed by atoms with Crippen molar-refractivity contribution in [3.63, 3.8) is 0 Å². The van der Waals surface area contributed by atoms with Gasteiger partial charge >= 0.3 is 0 Å². The summed E-state index contributed by atoms with van der Waals surface area (Å²) in [5, 5.41) is 13.1. The lowest BCUT2D eigenvalue weighted by atomic mass is 10.0. The summed E-state index contributed by atoms with van der Waals surface area (Å²) >= 11 is 0. The van der Waals surface area contributed by atoms with Crippen molar-refractivity contribution in [2.24, 2.45) is 5.92 Å². The number of sulfonamides is 1. The minimum Gasteiger partial charge on any atom is -0.350 e. The molecular weight excluding hydrogens is 404 g/mol. The Morgan fingerprint density at radius 1 is 1.27 bits per heavy atom. The van der Waals surface area contributed by atoms with Crippen LogP contribution >= 0.6 is 0 Å². The molecule has 0 spiro atoms. The van der Waals surface area contributed by atoms with E-state index in [9.17, 15) is 13.2 Å². The maximum atomic E-state index is 12.7. The Labute approximate surface area is 174 Å². The number of benzene rings is 1. The first-order chi connectivity index (χ1) is 14.3. The highest BCUT2D eigenvalue weighted by atomic mass is 32.2. The molecule has 2 N–H and O–H groups in total. The van der Waals surface area contributed by atoms with Gasteiger partial charge in [-0.05, 0) is 37.8 Å². The summed E-state index contributed by atoms with van der Waals surface area (Å²) in [5.74, 6) is -0.254. The van der Waals surface area contributed by atoms with Gasteiger partial charge in [0.25, 0.3) is 5.91 Å².